The van der Waals surface area contributed by atoms with Crippen LogP contribution in [0.2, 0.25) is 5.02 Å². The quantitative estimate of drug-likeness (QED) is 0.804. The van der Waals surface area contributed by atoms with Crippen molar-refractivity contribution in [2.24, 2.45) is 0 Å². The lowest BCUT2D eigenvalue weighted by Crippen LogP contribution is -2.37. The highest BCUT2D eigenvalue weighted by Crippen LogP contribution is 2.27. The van der Waals surface area contributed by atoms with Crippen molar-refractivity contribution in [2.75, 3.05) is 18.5 Å². The molecule has 0 aliphatic carbocycles. The Morgan fingerprint density at radius 3 is 2.62 bits per heavy atom. The van der Waals surface area contributed by atoms with Crippen LogP contribution in [0.4, 0.5) is 5.69 Å². The number of ether oxygens (including phenoxy) is 1. The number of carbonyl (C=O) groups is 1. The van der Waals surface area contributed by atoms with E-state index in [0.29, 0.717) is 36.0 Å². The van der Waals surface area contributed by atoms with Crippen LogP contribution in [-0.2, 0) is 4.79 Å². The zero-order chi connectivity index (χ0) is 15.9. The van der Waals surface area contributed by atoms with E-state index in [1.165, 1.54) is 0 Å². The topological polar surface area (TPSA) is 50.4 Å². The van der Waals surface area contributed by atoms with E-state index in [0.717, 1.165) is 6.42 Å². The summed E-state index contributed by atoms with van der Waals surface area (Å²) in [5.74, 6) is 0.607. The monoisotopic (exact) mass is 312 g/mol. The summed E-state index contributed by atoms with van der Waals surface area (Å²) in [6, 6.07) is 5.29. The minimum atomic E-state index is -0.0370. The Morgan fingerprint density at radius 2 is 2.05 bits per heavy atom. The van der Waals surface area contributed by atoms with E-state index >= 15 is 0 Å². The Kier molecular flexibility index (Phi) is 6.99. The van der Waals surface area contributed by atoms with E-state index in [1.54, 1.807) is 18.2 Å². The maximum absolute atomic E-state index is 11.8. The summed E-state index contributed by atoms with van der Waals surface area (Å²) in [6.07, 6.45) is 1.35. The van der Waals surface area contributed by atoms with E-state index in [2.05, 4.69) is 31.4 Å². The fraction of sp³-hybridized carbons (Fsp3) is 0.562. The zero-order valence-electron chi connectivity index (χ0n) is 13.3. The summed E-state index contributed by atoms with van der Waals surface area (Å²) in [5, 5.41) is 6.62. The normalized spacial score (nSPS) is 11.3. The predicted octanol–water partition coefficient (Wildman–Crippen LogP) is 3.85. The highest BCUT2D eigenvalue weighted by molar-refractivity contribution is 6.32. The number of hydrogen-bond donors (Lipinski definition) is 2. The van der Waals surface area contributed by atoms with Gasteiger partial charge in [-0.25, -0.2) is 0 Å². The number of rotatable bonds is 7. The van der Waals surface area contributed by atoms with Gasteiger partial charge in [-0.05, 0) is 45.4 Å². The van der Waals surface area contributed by atoms with Crippen molar-refractivity contribution < 1.29 is 9.53 Å². The predicted molar refractivity (Wildman–Crippen MR) is 88.2 cm³/mol. The molecule has 0 saturated carbocycles. The van der Waals surface area contributed by atoms with Gasteiger partial charge in [0.15, 0.2) is 0 Å². The molecule has 21 heavy (non-hydrogen) atoms. The van der Waals surface area contributed by atoms with Crippen LogP contribution in [0.5, 0.6) is 5.75 Å². The number of halogens is 1. The highest BCUT2D eigenvalue weighted by atomic mass is 35.5. The fourth-order valence-electron chi connectivity index (χ4n) is 1.68. The number of carbonyl (C=O) groups excluding carboxylic acids is 1. The summed E-state index contributed by atoms with van der Waals surface area (Å²) >= 11 is 6.12. The second-order valence-corrected chi connectivity index (χ2v) is 6.38. The van der Waals surface area contributed by atoms with Crippen LogP contribution < -0.4 is 15.4 Å². The first-order valence-corrected chi connectivity index (χ1v) is 7.67. The molecule has 1 aromatic rings. The number of benzene rings is 1. The summed E-state index contributed by atoms with van der Waals surface area (Å²) in [4.78, 5) is 11.8. The molecule has 1 aromatic carbocycles. The zero-order valence-corrected chi connectivity index (χ0v) is 14.0. The number of nitrogens with one attached hydrogen (secondary N) is 2. The smallest absolute Gasteiger partial charge is 0.225 e. The summed E-state index contributed by atoms with van der Waals surface area (Å²) in [7, 11) is 0. The summed E-state index contributed by atoms with van der Waals surface area (Å²) in [5.41, 5.74) is 0.701. The lowest BCUT2D eigenvalue weighted by atomic mass is 10.1. The Labute approximate surface area is 132 Å². The van der Waals surface area contributed by atoms with Gasteiger partial charge in [-0.1, -0.05) is 18.5 Å². The molecule has 0 radical (unpaired) electrons. The second-order valence-electron chi connectivity index (χ2n) is 5.97. The highest BCUT2D eigenvalue weighted by Gasteiger charge is 2.10. The van der Waals surface area contributed by atoms with Crippen LogP contribution in [-0.4, -0.2) is 24.6 Å². The fourth-order valence-corrected chi connectivity index (χ4v) is 1.92. The number of hydrogen-bond acceptors (Lipinski definition) is 3. The molecule has 5 heteroatoms. The van der Waals surface area contributed by atoms with Gasteiger partial charge in [0.2, 0.25) is 5.91 Å². The average molecular weight is 313 g/mol. The van der Waals surface area contributed by atoms with Gasteiger partial charge in [-0.3, -0.25) is 4.79 Å². The van der Waals surface area contributed by atoms with E-state index in [1.807, 2.05) is 6.92 Å². The lowest BCUT2D eigenvalue weighted by molar-refractivity contribution is -0.116. The molecule has 0 unspecified atom stereocenters. The molecule has 2 N–H and O–H groups in total. The SMILES string of the molecule is CCCOc1ccc(NC(=O)CCNC(C)(C)C)cc1Cl. The largest absolute Gasteiger partial charge is 0.492 e. The van der Waals surface area contributed by atoms with Crippen molar-refractivity contribution in [3.8, 4) is 5.75 Å². The van der Waals surface area contributed by atoms with Crippen molar-refractivity contribution >= 4 is 23.2 Å². The van der Waals surface area contributed by atoms with Gasteiger partial charge in [0.1, 0.15) is 5.75 Å². The van der Waals surface area contributed by atoms with Crippen LogP contribution in [0.3, 0.4) is 0 Å². The maximum atomic E-state index is 11.8. The van der Waals surface area contributed by atoms with Gasteiger partial charge in [-0.2, -0.15) is 0 Å². The maximum Gasteiger partial charge on any atom is 0.225 e. The molecule has 0 aromatic heterocycles. The molecule has 0 spiro atoms. The number of amides is 1. The average Bonchev–Trinajstić information content (AvgIpc) is 2.36. The molecular weight excluding hydrogens is 288 g/mol. The van der Waals surface area contributed by atoms with E-state index in [9.17, 15) is 4.79 Å². The van der Waals surface area contributed by atoms with Crippen LogP contribution >= 0.6 is 11.6 Å². The van der Waals surface area contributed by atoms with Crippen molar-refractivity contribution in [3.63, 3.8) is 0 Å². The summed E-state index contributed by atoms with van der Waals surface area (Å²) < 4.78 is 5.49. The molecule has 0 aliphatic rings. The Bertz CT molecular complexity index is 470. The third-order valence-corrected chi connectivity index (χ3v) is 2.98. The van der Waals surface area contributed by atoms with Crippen LogP contribution in [0, 0.1) is 0 Å². The van der Waals surface area contributed by atoms with Crippen molar-refractivity contribution in [1.82, 2.24) is 5.32 Å². The molecule has 0 heterocycles. The van der Waals surface area contributed by atoms with Gasteiger partial charge >= 0.3 is 0 Å². The first-order valence-electron chi connectivity index (χ1n) is 7.29. The molecule has 0 saturated heterocycles. The van der Waals surface area contributed by atoms with Crippen molar-refractivity contribution in [3.05, 3.63) is 23.2 Å². The first-order chi connectivity index (χ1) is 9.81. The van der Waals surface area contributed by atoms with E-state index in [-0.39, 0.29) is 11.4 Å². The minimum absolute atomic E-state index is 0.0157. The van der Waals surface area contributed by atoms with Gasteiger partial charge in [0, 0.05) is 24.2 Å². The Hall–Kier alpha value is -1.26. The summed E-state index contributed by atoms with van der Waals surface area (Å²) in [6.45, 7) is 9.51. The van der Waals surface area contributed by atoms with Crippen LogP contribution in [0.25, 0.3) is 0 Å². The van der Waals surface area contributed by atoms with Crippen LogP contribution in [0.15, 0.2) is 18.2 Å². The van der Waals surface area contributed by atoms with E-state index in [4.69, 9.17) is 16.3 Å². The van der Waals surface area contributed by atoms with Crippen molar-refractivity contribution in [1.29, 1.82) is 0 Å². The molecule has 1 rings (SSSR count). The van der Waals surface area contributed by atoms with Gasteiger partial charge in [0.05, 0.1) is 11.6 Å². The van der Waals surface area contributed by atoms with Gasteiger partial charge in [-0.15, -0.1) is 0 Å². The molecule has 0 fully saturated rings. The molecule has 0 atom stereocenters. The molecule has 118 valence electrons. The third-order valence-electron chi connectivity index (χ3n) is 2.68. The van der Waals surface area contributed by atoms with Crippen molar-refractivity contribution in [2.45, 2.75) is 46.1 Å². The minimum Gasteiger partial charge on any atom is -0.492 e. The third kappa shape index (κ3) is 7.34. The lowest BCUT2D eigenvalue weighted by Gasteiger charge is -2.20. The Morgan fingerprint density at radius 1 is 1.33 bits per heavy atom. The number of anilines is 1. The second kappa shape index (κ2) is 8.25. The molecule has 0 aliphatic heterocycles. The first kappa shape index (κ1) is 17.8. The standard InChI is InChI=1S/C16H25ClN2O2/c1-5-10-21-14-7-6-12(11-13(14)17)19-15(20)8-9-18-16(2,3)4/h6-7,11,18H,5,8-10H2,1-4H3,(H,19,20). The molecular formula is C16H25ClN2O2. The van der Waals surface area contributed by atoms with Gasteiger partial charge in [0.25, 0.3) is 0 Å². The molecule has 1 amide bonds. The molecule has 0 bridgehead atoms. The van der Waals surface area contributed by atoms with E-state index < -0.39 is 0 Å². The van der Waals surface area contributed by atoms with Gasteiger partial charge < -0.3 is 15.4 Å². The molecule has 4 nitrogen and oxygen atoms in total. The Balaban J connectivity index is 2.47. The van der Waals surface area contributed by atoms with Crippen LogP contribution in [0.1, 0.15) is 40.5 Å².